The molecule has 1 fully saturated rings. The first-order chi connectivity index (χ1) is 10.1. The second kappa shape index (κ2) is 7.26. The highest BCUT2D eigenvalue weighted by Crippen LogP contribution is 2.21. The molecule has 1 aromatic rings. The van der Waals surface area contributed by atoms with Crippen molar-refractivity contribution in [1.29, 1.82) is 0 Å². The summed E-state index contributed by atoms with van der Waals surface area (Å²) in [7, 11) is 0. The number of halogens is 1. The zero-order chi connectivity index (χ0) is 15.2. The van der Waals surface area contributed by atoms with Crippen molar-refractivity contribution in [3.63, 3.8) is 0 Å². The van der Waals surface area contributed by atoms with Crippen LogP contribution in [-0.2, 0) is 4.79 Å². The number of pyridine rings is 1. The molecule has 1 saturated heterocycles. The number of carbonyl (C=O) groups excluding carboxylic acids is 1. The molecule has 2 heterocycles. The number of aromatic nitrogens is 1. The van der Waals surface area contributed by atoms with E-state index in [-0.39, 0.29) is 18.9 Å². The van der Waals surface area contributed by atoms with E-state index in [9.17, 15) is 9.59 Å². The Hall–Kier alpha value is -1.82. The van der Waals surface area contributed by atoms with Gasteiger partial charge in [0, 0.05) is 25.8 Å². The largest absolute Gasteiger partial charge is 0.481 e. The minimum atomic E-state index is -0.893. The highest BCUT2D eigenvalue weighted by molar-refractivity contribution is 6.33. The van der Waals surface area contributed by atoms with Gasteiger partial charge in [0.25, 0.3) is 5.91 Å². The van der Waals surface area contributed by atoms with Gasteiger partial charge in [0.2, 0.25) is 0 Å². The summed E-state index contributed by atoms with van der Waals surface area (Å²) >= 11 is 6.08. The number of carbonyl (C=O) groups is 2. The molecule has 0 bridgehead atoms. The predicted molar refractivity (Wildman–Crippen MR) is 79.7 cm³/mol. The summed E-state index contributed by atoms with van der Waals surface area (Å²) in [4.78, 5) is 28.7. The van der Waals surface area contributed by atoms with Crippen molar-refractivity contribution in [3.05, 3.63) is 22.8 Å². The fourth-order valence-corrected chi connectivity index (χ4v) is 2.49. The van der Waals surface area contributed by atoms with E-state index < -0.39 is 5.97 Å². The highest BCUT2D eigenvalue weighted by atomic mass is 35.5. The molecule has 1 amide bonds. The Bertz CT molecular complexity index is 530. The van der Waals surface area contributed by atoms with Crippen molar-refractivity contribution in [2.75, 3.05) is 25.0 Å². The summed E-state index contributed by atoms with van der Waals surface area (Å²) in [5, 5.41) is 11.7. The van der Waals surface area contributed by atoms with Crippen LogP contribution in [0.2, 0.25) is 5.02 Å². The topological polar surface area (TPSA) is 82.5 Å². The zero-order valence-electron chi connectivity index (χ0n) is 11.6. The summed E-state index contributed by atoms with van der Waals surface area (Å²) in [5.41, 5.74) is 0.464. The third kappa shape index (κ3) is 4.32. The average molecular weight is 312 g/mol. The SMILES string of the molecule is O=C(O)CCNc1ncc(C(=O)N2CCCCC2)cc1Cl. The second-order valence-corrected chi connectivity index (χ2v) is 5.38. The summed E-state index contributed by atoms with van der Waals surface area (Å²) in [6.45, 7) is 1.78. The molecule has 1 aromatic heterocycles. The number of hydrogen-bond acceptors (Lipinski definition) is 4. The van der Waals surface area contributed by atoms with Crippen LogP contribution in [0.15, 0.2) is 12.3 Å². The monoisotopic (exact) mass is 311 g/mol. The van der Waals surface area contributed by atoms with Gasteiger partial charge in [0.05, 0.1) is 17.0 Å². The standard InChI is InChI=1S/C14H18ClN3O3/c15-11-8-10(14(21)18-6-2-1-3-7-18)9-17-13(11)16-5-4-12(19)20/h8-9H,1-7H2,(H,16,17)(H,19,20). The third-order valence-electron chi connectivity index (χ3n) is 3.36. The smallest absolute Gasteiger partial charge is 0.305 e. The molecule has 0 spiro atoms. The molecular weight excluding hydrogens is 294 g/mol. The molecule has 21 heavy (non-hydrogen) atoms. The van der Waals surface area contributed by atoms with Crippen LogP contribution in [0, 0.1) is 0 Å². The lowest BCUT2D eigenvalue weighted by Crippen LogP contribution is -2.35. The Kier molecular flexibility index (Phi) is 5.38. The van der Waals surface area contributed by atoms with Crippen molar-refractivity contribution in [2.45, 2.75) is 25.7 Å². The molecule has 6 nitrogen and oxygen atoms in total. The van der Waals surface area contributed by atoms with Crippen LogP contribution in [-0.4, -0.2) is 46.5 Å². The number of amides is 1. The molecule has 0 unspecified atom stereocenters. The van der Waals surface area contributed by atoms with E-state index in [1.807, 2.05) is 4.90 Å². The number of anilines is 1. The summed E-state index contributed by atoms with van der Waals surface area (Å²) in [6, 6.07) is 1.58. The molecule has 2 rings (SSSR count). The number of hydrogen-bond donors (Lipinski definition) is 2. The molecule has 0 saturated carbocycles. The third-order valence-corrected chi connectivity index (χ3v) is 3.65. The molecule has 0 aromatic carbocycles. The van der Waals surface area contributed by atoms with Gasteiger partial charge in [0.15, 0.2) is 0 Å². The number of rotatable bonds is 5. The van der Waals surface area contributed by atoms with Crippen molar-refractivity contribution < 1.29 is 14.7 Å². The quantitative estimate of drug-likeness (QED) is 0.871. The van der Waals surface area contributed by atoms with E-state index in [1.54, 1.807) is 6.07 Å². The fraction of sp³-hybridized carbons (Fsp3) is 0.500. The Morgan fingerprint density at radius 2 is 2.05 bits per heavy atom. The predicted octanol–water partition coefficient (Wildman–Crippen LogP) is 2.25. The van der Waals surface area contributed by atoms with Gasteiger partial charge in [-0.25, -0.2) is 4.98 Å². The van der Waals surface area contributed by atoms with Gasteiger partial charge in [-0.2, -0.15) is 0 Å². The minimum Gasteiger partial charge on any atom is -0.481 e. The summed E-state index contributed by atoms with van der Waals surface area (Å²) in [6.07, 6.45) is 4.68. The molecule has 2 N–H and O–H groups in total. The van der Waals surface area contributed by atoms with Crippen molar-refractivity contribution in [2.24, 2.45) is 0 Å². The number of carboxylic acid groups (broad SMARTS) is 1. The molecule has 7 heteroatoms. The highest BCUT2D eigenvalue weighted by Gasteiger charge is 2.19. The minimum absolute atomic E-state index is 0.0214. The van der Waals surface area contributed by atoms with Crippen LogP contribution in [0.25, 0.3) is 0 Å². The maximum Gasteiger partial charge on any atom is 0.305 e. The van der Waals surface area contributed by atoms with Gasteiger partial charge in [-0.3, -0.25) is 9.59 Å². The van der Waals surface area contributed by atoms with Gasteiger partial charge < -0.3 is 15.3 Å². The number of likely N-dealkylation sites (tertiary alicyclic amines) is 1. The molecule has 0 atom stereocenters. The van der Waals surface area contributed by atoms with Gasteiger partial charge in [-0.15, -0.1) is 0 Å². The Balaban J connectivity index is 2.00. The molecule has 1 aliphatic rings. The summed E-state index contributed by atoms with van der Waals surface area (Å²) in [5.74, 6) is -0.551. The average Bonchev–Trinajstić information content (AvgIpc) is 2.48. The lowest BCUT2D eigenvalue weighted by molar-refractivity contribution is -0.136. The zero-order valence-corrected chi connectivity index (χ0v) is 12.4. The van der Waals surface area contributed by atoms with Crippen molar-refractivity contribution in [3.8, 4) is 0 Å². The Labute approximate surface area is 128 Å². The van der Waals surface area contributed by atoms with Crippen LogP contribution >= 0.6 is 11.6 Å². The number of nitrogens with one attached hydrogen (secondary N) is 1. The van der Waals surface area contributed by atoms with E-state index >= 15 is 0 Å². The first-order valence-corrected chi connectivity index (χ1v) is 7.36. The number of aliphatic carboxylic acids is 1. The van der Waals surface area contributed by atoms with E-state index in [2.05, 4.69) is 10.3 Å². The van der Waals surface area contributed by atoms with E-state index in [1.165, 1.54) is 6.20 Å². The van der Waals surface area contributed by atoms with E-state index in [0.29, 0.717) is 16.4 Å². The van der Waals surface area contributed by atoms with Gasteiger partial charge in [-0.1, -0.05) is 11.6 Å². The van der Waals surface area contributed by atoms with Crippen LogP contribution in [0.1, 0.15) is 36.0 Å². The van der Waals surface area contributed by atoms with E-state index in [4.69, 9.17) is 16.7 Å². The van der Waals surface area contributed by atoms with Gasteiger partial charge in [-0.05, 0) is 25.3 Å². The fourth-order valence-electron chi connectivity index (χ4n) is 2.25. The van der Waals surface area contributed by atoms with Crippen LogP contribution in [0.4, 0.5) is 5.82 Å². The maximum atomic E-state index is 12.3. The number of nitrogens with zero attached hydrogens (tertiary/aromatic N) is 2. The molecule has 114 valence electrons. The lowest BCUT2D eigenvalue weighted by Gasteiger charge is -2.26. The van der Waals surface area contributed by atoms with Crippen molar-refractivity contribution >= 4 is 29.3 Å². The molecule has 0 aliphatic carbocycles. The second-order valence-electron chi connectivity index (χ2n) is 4.98. The summed E-state index contributed by atoms with van der Waals surface area (Å²) < 4.78 is 0. The van der Waals surface area contributed by atoms with E-state index in [0.717, 1.165) is 32.4 Å². The van der Waals surface area contributed by atoms with Gasteiger partial charge >= 0.3 is 5.97 Å². The van der Waals surface area contributed by atoms with Crippen LogP contribution < -0.4 is 5.32 Å². The van der Waals surface area contributed by atoms with Gasteiger partial charge in [0.1, 0.15) is 5.82 Å². The van der Waals surface area contributed by atoms with Crippen molar-refractivity contribution in [1.82, 2.24) is 9.88 Å². The molecule has 1 aliphatic heterocycles. The number of piperidine rings is 1. The Morgan fingerprint density at radius 1 is 1.33 bits per heavy atom. The van der Waals surface area contributed by atoms with Crippen LogP contribution in [0.5, 0.6) is 0 Å². The first-order valence-electron chi connectivity index (χ1n) is 6.98. The van der Waals surface area contributed by atoms with Crippen LogP contribution in [0.3, 0.4) is 0 Å². The number of carboxylic acids is 1. The first kappa shape index (κ1) is 15.6. The Morgan fingerprint density at radius 3 is 2.67 bits per heavy atom. The molecular formula is C14H18ClN3O3. The lowest BCUT2D eigenvalue weighted by atomic mass is 10.1. The normalized spacial score (nSPS) is 14.8. The maximum absolute atomic E-state index is 12.3. The molecule has 0 radical (unpaired) electrons.